The van der Waals surface area contributed by atoms with Gasteiger partial charge in [-0.15, -0.1) is 0 Å². The van der Waals surface area contributed by atoms with E-state index in [-0.39, 0.29) is 0 Å². The predicted molar refractivity (Wildman–Crippen MR) is 68.8 cm³/mol. The third-order valence-corrected chi connectivity index (χ3v) is 3.03. The molecule has 0 amide bonds. The van der Waals surface area contributed by atoms with E-state index in [4.69, 9.17) is 0 Å². The molecule has 0 fully saturated rings. The van der Waals surface area contributed by atoms with E-state index >= 15 is 0 Å². The topological polar surface area (TPSA) is 29.9 Å². The maximum atomic E-state index is 4.50. The molecular formula is C11H21N3S. The average Bonchev–Trinajstić information content (AvgIpc) is 2.47. The van der Waals surface area contributed by atoms with Crippen LogP contribution in [0.4, 0.5) is 5.95 Å². The van der Waals surface area contributed by atoms with Crippen LogP contribution in [0.3, 0.4) is 0 Å². The molecule has 0 aromatic carbocycles. The zero-order chi connectivity index (χ0) is 11.4. The zero-order valence-corrected chi connectivity index (χ0v) is 11.1. The highest BCUT2D eigenvalue weighted by molar-refractivity contribution is 7.98. The van der Waals surface area contributed by atoms with Crippen LogP contribution in [-0.2, 0) is 0 Å². The first-order valence-electron chi connectivity index (χ1n) is 5.35. The van der Waals surface area contributed by atoms with Gasteiger partial charge in [-0.2, -0.15) is 11.8 Å². The molecule has 1 heterocycles. The van der Waals surface area contributed by atoms with Crippen molar-refractivity contribution in [3.8, 4) is 0 Å². The zero-order valence-electron chi connectivity index (χ0n) is 10.2. The van der Waals surface area contributed by atoms with Gasteiger partial charge in [0.15, 0.2) is 0 Å². The van der Waals surface area contributed by atoms with Crippen LogP contribution in [0.15, 0.2) is 6.20 Å². The van der Waals surface area contributed by atoms with Crippen LogP contribution in [0.5, 0.6) is 0 Å². The lowest BCUT2D eigenvalue weighted by atomic mass is 10.4. The number of aromatic nitrogens is 2. The highest BCUT2D eigenvalue weighted by atomic mass is 32.2. The van der Waals surface area contributed by atoms with Crippen molar-refractivity contribution in [2.75, 3.05) is 17.3 Å². The van der Waals surface area contributed by atoms with Crippen LogP contribution in [0.2, 0.25) is 0 Å². The van der Waals surface area contributed by atoms with Crippen molar-refractivity contribution in [3.63, 3.8) is 0 Å². The average molecular weight is 227 g/mol. The molecule has 1 rings (SSSR count). The molecule has 1 aromatic heterocycles. The minimum absolute atomic E-state index is 0.454. The first-order chi connectivity index (χ1) is 7.04. The molecule has 4 heteroatoms. The van der Waals surface area contributed by atoms with Crippen molar-refractivity contribution in [3.05, 3.63) is 11.9 Å². The van der Waals surface area contributed by atoms with Crippen LogP contribution in [0.1, 0.15) is 32.5 Å². The van der Waals surface area contributed by atoms with Crippen molar-refractivity contribution in [1.29, 1.82) is 0 Å². The van der Waals surface area contributed by atoms with Crippen LogP contribution in [0.25, 0.3) is 0 Å². The molecule has 1 unspecified atom stereocenters. The molecule has 1 atom stereocenters. The summed E-state index contributed by atoms with van der Waals surface area (Å²) in [6.45, 7) is 8.56. The smallest absolute Gasteiger partial charge is 0.203 e. The molecule has 0 spiro atoms. The molecule has 86 valence electrons. The number of nitrogens with zero attached hydrogens (tertiary/aromatic N) is 2. The van der Waals surface area contributed by atoms with Gasteiger partial charge in [-0.1, -0.05) is 0 Å². The Labute approximate surface area is 96.7 Å². The summed E-state index contributed by atoms with van der Waals surface area (Å²) < 4.78 is 2.19. The van der Waals surface area contributed by atoms with Gasteiger partial charge in [-0.05, 0) is 34.0 Å². The van der Waals surface area contributed by atoms with Crippen LogP contribution in [-0.4, -0.2) is 27.6 Å². The number of nitrogens with one attached hydrogen (secondary N) is 1. The van der Waals surface area contributed by atoms with Crippen molar-refractivity contribution in [2.24, 2.45) is 0 Å². The predicted octanol–water partition coefficient (Wildman–Crippen LogP) is 2.94. The number of hydrogen-bond donors (Lipinski definition) is 1. The first-order valence-corrected chi connectivity index (χ1v) is 6.75. The Morgan fingerprint density at radius 2 is 2.13 bits per heavy atom. The van der Waals surface area contributed by atoms with Crippen molar-refractivity contribution >= 4 is 17.7 Å². The third kappa shape index (κ3) is 3.45. The van der Waals surface area contributed by atoms with Crippen molar-refractivity contribution in [2.45, 2.75) is 39.8 Å². The summed E-state index contributed by atoms with van der Waals surface area (Å²) in [5.74, 6) is 2.09. The van der Waals surface area contributed by atoms with Crippen LogP contribution in [0, 0.1) is 6.92 Å². The van der Waals surface area contributed by atoms with E-state index in [1.807, 2.05) is 18.7 Å². The Bertz CT molecular complexity index is 307. The van der Waals surface area contributed by atoms with E-state index in [1.165, 1.54) is 0 Å². The summed E-state index contributed by atoms with van der Waals surface area (Å²) >= 11 is 1.85. The molecule has 0 aliphatic carbocycles. The van der Waals surface area contributed by atoms with Crippen molar-refractivity contribution in [1.82, 2.24) is 9.55 Å². The first kappa shape index (κ1) is 12.4. The molecule has 15 heavy (non-hydrogen) atoms. The van der Waals surface area contributed by atoms with Gasteiger partial charge in [0.2, 0.25) is 5.95 Å². The Kier molecular flexibility index (Phi) is 4.51. The largest absolute Gasteiger partial charge is 0.352 e. The second kappa shape index (κ2) is 5.45. The number of imidazole rings is 1. The Hall–Kier alpha value is -0.640. The number of aryl methyl sites for hydroxylation is 1. The number of rotatable bonds is 5. The molecular weight excluding hydrogens is 206 g/mol. The summed E-state index contributed by atoms with van der Waals surface area (Å²) in [6, 6.07) is 0.912. The summed E-state index contributed by atoms with van der Waals surface area (Å²) in [5, 5.41) is 3.44. The fourth-order valence-corrected chi connectivity index (χ4v) is 2.11. The lowest BCUT2D eigenvalue weighted by Gasteiger charge is -2.16. The molecule has 3 nitrogen and oxygen atoms in total. The summed E-state index contributed by atoms with van der Waals surface area (Å²) in [5.41, 5.74) is 1.07. The second-order valence-corrected chi connectivity index (χ2v) is 5.12. The maximum absolute atomic E-state index is 4.50. The van der Waals surface area contributed by atoms with Crippen LogP contribution >= 0.6 is 11.8 Å². The SMILES string of the molecule is CSCC(C)Nc1nc(C)cn1C(C)C. The second-order valence-electron chi connectivity index (χ2n) is 4.21. The highest BCUT2D eigenvalue weighted by Crippen LogP contribution is 2.16. The fourth-order valence-electron chi connectivity index (χ4n) is 1.53. The lowest BCUT2D eigenvalue weighted by molar-refractivity contribution is 0.601. The minimum atomic E-state index is 0.454. The molecule has 0 saturated carbocycles. The minimum Gasteiger partial charge on any atom is -0.352 e. The van der Waals surface area contributed by atoms with Gasteiger partial charge in [0.05, 0.1) is 5.69 Å². The normalized spacial score (nSPS) is 13.2. The lowest BCUT2D eigenvalue weighted by Crippen LogP contribution is -2.21. The van der Waals surface area contributed by atoms with E-state index in [0.29, 0.717) is 12.1 Å². The quantitative estimate of drug-likeness (QED) is 0.839. The Balaban J connectivity index is 2.75. The molecule has 1 N–H and O–H groups in total. The molecule has 0 aliphatic heterocycles. The van der Waals surface area contributed by atoms with E-state index in [9.17, 15) is 0 Å². The van der Waals surface area contributed by atoms with Gasteiger partial charge >= 0.3 is 0 Å². The number of hydrogen-bond acceptors (Lipinski definition) is 3. The molecule has 1 aromatic rings. The molecule has 0 bridgehead atoms. The van der Waals surface area contributed by atoms with Gasteiger partial charge in [0.1, 0.15) is 0 Å². The van der Waals surface area contributed by atoms with E-state index in [2.05, 4.69) is 48.1 Å². The molecule has 0 radical (unpaired) electrons. The van der Waals surface area contributed by atoms with Crippen molar-refractivity contribution < 1.29 is 0 Å². The van der Waals surface area contributed by atoms with Crippen LogP contribution < -0.4 is 5.32 Å². The van der Waals surface area contributed by atoms with E-state index in [1.54, 1.807) is 0 Å². The molecule has 0 aliphatic rings. The summed E-state index contributed by atoms with van der Waals surface area (Å²) in [4.78, 5) is 4.50. The van der Waals surface area contributed by atoms with Gasteiger partial charge in [-0.3, -0.25) is 0 Å². The number of thioether (sulfide) groups is 1. The van der Waals surface area contributed by atoms with E-state index < -0.39 is 0 Å². The summed E-state index contributed by atoms with van der Waals surface area (Å²) in [6.07, 6.45) is 4.22. The maximum Gasteiger partial charge on any atom is 0.203 e. The molecule has 0 saturated heterocycles. The highest BCUT2D eigenvalue weighted by Gasteiger charge is 2.10. The Morgan fingerprint density at radius 1 is 1.47 bits per heavy atom. The summed E-state index contributed by atoms with van der Waals surface area (Å²) in [7, 11) is 0. The van der Waals surface area contributed by atoms with Gasteiger partial charge < -0.3 is 9.88 Å². The fraction of sp³-hybridized carbons (Fsp3) is 0.727. The van der Waals surface area contributed by atoms with Gasteiger partial charge in [0, 0.05) is 24.0 Å². The monoisotopic (exact) mass is 227 g/mol. The van der Waals surface area contributed by atoms with E-state index in [0.717, 1.165) is 17.4 Å². The standard InChI is InChI=1S/C11H21N3S/c1-8(2)14-6-9(3)12-11(14)13-10(4)7-15-5/h6,8,10H,7H2,1-5H3,(H,12,13). The Morgan fingerprint density at radius 3 is 2.67 bits per heavy atom. The third-order valence-electron chi connectivity index (χ3n) is 2.20. The van der Waals surface area contributed by atoms with Gasteiger partial charge in [-0.25, -0.2) is 4.98 Å². The number of anilines is 1. The van der Waals surface area contributed by atoms with Gasteiger partial charge in [0.25, 0.3) is 0 Å².